The zero-order valence-corrected chi connectivity index (χ0v) is 11.1. The minimum Gasteiger partial charge on any atom is -0.384 e. The molecule has 0 aliphatic carbocycles. The molecule has 1 aromatic rings. The fraction of sp³-hybridized carbons (Fsp3) is 0.600. The van der Waals surface area contributed by atoms with Gasteiger partial charge in [0.2, 0.25) is 0 Å². The number of rotatable bonds is 0. The lowest BCUT2D eigenvalue weighted by atomic mass is 9.75. The molecule has 17 heavy (non-hydrogen) atoms. The summed E-state index contributed by atoms with van der Waals surface area (Å²) in [5, 5.41) is 3.66. The summed E-state index contributed by atoms with van der Waals surface area (Å²) in [6.07, 6.45) is 1.32. The van der Waals surface area contributed by atoms with E-state index in [1.165, 1.54) is 36.3 Å². The summed E-state index contributed by atoms with van der Waals surface area (Å²) in [4.78, 5) is 2.47. The number of anilines is 1. The van der Waals surface area contributed by atoms with Gasteiger partial charge in [0.25, 0.3) is 0 Å². The molecule has 0 amide bonds. The third kappa shape index (κ3) is 1.75. The van der Waals surface area contributed by atoms with Crippen LogP contribution in [0.15, 0.2) is 12.1 Å². The Morgan fingerprint density at radius 2 is 2.00 bits per heavy atom. The van der Waals surface area contributed by atoms with Crippen molar-refractivity contribution >= 4 is 5.69 Å². The van der Waals surface area contributed by atoms with Crippen molar-refractivity contribution in [2.45, 2.75) is 26.2 Å². The van der Waals surface area contributed by atoms with Crippen molar-refractivity contribution in [3.05, 3.63) is 28.8 Å². The van der Waals surface area contributed by atoms with Crippen LogP contribution in [0.4, 0.5) is 5.69 Å². The average Bonchev–Trinajstić information content (AvgIpc) is 2.32. The summed E-state index contributed by atoms with van der Waals surface area (Å²) in [6.45, 7) is 8.12. The van der Waals surface area contributed by atoms with E-state index >= 15 is 0 Å². The largest absolute Gasteiger partial charge is 0.384 e. The second-order valence-electron chi connectivity index (χ2n) is 5.79. The number of aryl methyl sites for hydroxylation is 2. The molecule has 1 fully saturated rings. The van der Waals surface area contributed by atoms with E-state index in [0.717, 1.165) is 18.4 Å². The quantitative estimate of drug-likeness (QED) is 0.737. The van der Waals surface area contributed by atoms with Crippen molar-refractivity contribution in [3.63, 3.8) is 0 Å². The van der Waals surface area contributed by atoms with Crippen LogP contribution >= 0.6 is 0 Å². The number of benzene rings is 1. The second-order valence-corrected chi connectivity index (χ2v) is 5.79. The molecule has 92 valence electrons. The van der Waals surface area contributed by atoms with Crippen LogP contribution in [0.3, 0.4) is 0 Å². The lowest BCUT2D eigenvalue weighted by Gasteiger charge is -2.42. The normalized spacial score (nSPS) is 28.2. The van der Waals surface area contributed by atoms with Crippen LogP contribution in [0.1, 0.15) is 29.0 Å². The van der Waals surface area contributed by atoms with Crippen molar-refractivity contribution in [1.29, 1.82) is 0 Å². The van der Waals surface area contributed by atoms with Gasteiger partial charge in [0.1, 0.15) is 0 Å². The Hall–Kier alpha value is -1.02. The van der Waals surface area contributed by atoms with Gasteiger partial charge < -0.3 is 10.2 Å². The molecular weight excluding hydrogens is 208 g/mol. The third-order valence-electron chi connectivity index (χ3n) is 4.52. The first kappa shape index (κ1) is 11.1. The van der Waals surface area contributed by atoms with Gasteiger partial charge in [0, 0.05) is 18.8 Å². The highest BCUT2D eigenvalue weighted by atomic mass is 15.1. The fourth-order valence-electron chi connectivity index (χ4n) is 3.58. The molecule has 2 nitrogen and oxygen atoms in total. The van der Waals surface area contributed by atoms with E-state index in [4.69, 9.17) is 0 Å². The number of nitrogens with zero attached hydrogens (tertiary/aromatic N) is 1. The smallest absolute Gasteiger partial charge is 0.0408 e. The van der Waals surface area contributed by atoms with Gasteiger partial charge in [-0.25, -0.2) is 0 Å². The van der Waals surface area contributed by atoms with Crippen molar-refractivity contribution in [2.24, 2.45) is 5.92 Å². The Bertz CT molecular complexity index is 439. The number of hydrogen-bond donors (Lipinski definition) is 1. The molecular formula is C15H22N2. The summed E-state index contributed by atoms with van der Waals surface area (Å²) >= 11 is 0. The van der Waals surface area contributed by atoms with Gasteiger partial charge in [-0.1, -0.05) is 12.1 Å². The molecule has 2 unspecified atom stereocenters. The Kier molecular flexibility index (Phi) is 2.62. The highest BCUT2D eigenvalue weighted by Crippen LogP contribution is 2.43. The number of fused-ring (bicyclic) bond motifs is 3. The Balaban J connectivity index is 2.04. The van der Waals surface area contributed by atoms with E-state index < -0.39 is 0 Å². The van der Waals surface area contributed by atoms with Crippen LogP contribution in [0, 0.1) is 19.8 Å². The van der Waals surface area contributed by atoms with Crippen molar-refractivity contribution in [2.75, 3.05) is 32.0 Å². The van der Waals surface area contributed by atoms with Crippen LogP contribution in [-0.4, -0.2) is 31.6 Å². The van der Waals surface area contributed by atoms with Gasteiger partial charge in [0.15, 0.2) is 0 Å². The van der Waals surface area contributed by atoms with Crippen LogP contribution in [0.25, 0.3) is 0 Å². The first-order valence-corrected chi connectivity index (χ1v) is 6.69. The molecule has 0 spiro atoms. The maximum atomic E-state index is 3.66. The molecule has 1 aromatic carbocycles. The third-order valence-corrected chi connectivity index (χ3v) is 4.52. The Morgan fingerprint density at radius 1 is 1.24 bits per heavy atom. The molecule has 2 aliphatic heterocycles. The predicted octanol–water partition coefficient (Wildman–Crippen LogP) is 2.76. The molecule has 2 atom stereocenters. The highest BCUT2D eigenvalue weighted by Gasteiger charge is 2.34. The van der Waals surface area contributed by atoms with Crippen molar-refractivity contribution in [1.82, 2.24) is 4.90 Å². The molecule has 2 heteroatoms. The zero-order valence-electron chi connectivity index (χ0n) is 11.1. The first-order valence-electron chi connectivity index (χ1n) is 6.69. The maximum Gasteiger partial charge on any atom is 0.0408 e. The monoisotopic (exact) mass is 230 g/mol. The zero-order chi connectivity index (χ0) is 12.0. The molecule has 2 heterocycles. The molecule has 2 aliphatic rings. The molecule has 0 saturated carbocycles. The van der Waals surface area contributed by atoms with Crippen LogP contribution in [-0.2, 0) is 0 Å². The molecule has 1 N–H and O–H groups in total. The molecule has 3 rings (SSSR count). The van der Waals surface area contributed by atoms with Crippen molar-refractivity contribution < 1.29 is 0 Å². The van der Waals surface area contributed by atoms with Crippen LogP contribution in [0.2, 0.25) is 0 Å². The van der Waals surface area contributed by atoms with Gasteiger partial charge in [-0.2, -0.15) is 0 Å². The SMILES string of the molecule is Cc1ccc(C)c2c1NCC1CN(C)CCC21. The number of likely N-dealkylation sites (tertiary alicyclic amines) is 1. The summed E-state index contributed by atoms with van der Waals surface area (Å²) in [6, 6.07) is 4.53. The van der Waals surface area contributed by atoms with E-state index in [-0.39, 0.29) is 0 Å². The lowest BCUT2D eigenvalue weighted by molar-refractivity contribution is 0.187. The summed E-state index contributed by atoms with van der Waals surface area (Å²) in [5.74, 6) is 1.57. The number of hydrogen-bond acceptors (Lipinski definition) is 2. The van der Waals surface area contributed by atoms with Crippen LogP contribution < -0.4 is 5.32 Å². The predicted molar refractivity (Wildman–Crippen MR) is 72.8 cm³/mol. The van der Waals surface area contributed by atoms with Gasteiger partial charge in [-0.05, 0) is 62.4 Å². The highest BCUT2D eigenvalue weighted by molar-refractivity contribution is 5.63. The van der Waals surface area contributed by atoms with Gasteiger partial charge in [0.05, 0.1) is 0 Å². The topological polar surface area (TPSA) is 15.3 Å². The van der Waals surface area contributed by atoms with E-state index in [0.29, 0.717) is 0 Å². The van der Waals surface area contributed by atoms with Gasteiger partial charge in [-0.3, -0.25) is 0 Å². The van der Waals surface area contributed by atoms with Crippen LogP contribution in [0.5, 0.6) is 0 Å². The fourth-order valence-corrected chi connectivity index (χ4v) is 3.58. The summed E-state index contributed by atoms with van der Waals surface area (Å²) < 4.78 is 0. The summed E-state index contributed by atoms with van der Waals surface area (Å²) in [5.41, 5.74) is 5.91. The van der Waals surface area contributed by atoms with Gasteiger partial charge in [-0.15, -0.1) is 0 Å². The first-order chi connectivity index (χ1) is 8.16. The van der Waals surface area contributed by atoms with E-state index in [1.54, 1.807) is 5.56 Å². The summed E-state index contributed by atoms with van der Waals surface area (Å²) in [7, 11) is 2.24. The Labute approximate surface area is 104 Å². The minimum absolute atomic E-state index is 0.780. The number of piperidine rings is 1. The standard InChI is InChI=1S/C15H22N2/c1-10-4-5-11(2)15-14(10)13-6-7-17(3)9-12(13)8-16-15/h4-5,12-13,16H,6-9H2,1-3H3. The molecule has 0 bridgehead atoms. The minimum atomic E-state index is 0.780. The van der Waals surface area contributed by atoms with Gasteiger partial charge >= 0.3 is 0 Å². The molecule has 0 aromatic heterocycles. The van der Waals surface area contributed by atoms with E-state index in [2.05, 4.69) is 43.2 Å². The molecule has 0 radical (unpaired) electrons. The van der Waals surface area contributed by atoms with E-state index in [1.807, 2.05) is 0 Å². The number of nitrogens with one attached hydrogen (secondary N) is 1. The second kappa shape index (κ2) is 4.02. The Morgan fingerprint density at radius 3 is 2.82 bits per heavy atom. The van der Waals surface area contributed by atoms with Crippen molar-refractivity contribution in [3.8, 4) is 0 Å². The lowest BCUT2D eigenvalue weighted by Crippen LogP contribution is -2.42. The maximum absolute atomic E-state index is 3.66. The molecule has 1 saturated heterocycles. The average molecular weight is 230 g/mol. The van der Waals surface area contributed by atoms with E-state index in [9.17, 15) is 0 Å².